The average molecular weight is 332 g/mol. The second-order valence-electron chi connectivity index (χ2n) is 6.54. The molecule has 1 N–H and O–H groups in total. The molecule has 0 aliphatic rings. The van der Waals surface area contributed by atoms with Crippen LogP contribution in [0.2, 0.25) is 0 Å². The number of benzene rings is 2. The molecule has 0 aliphatic heterocycles. The van der Waals surface area contributed by atoms with Gasteiger partial charge in [0.25, 0.3) is 0 Å². The van der Waals surface area contributed by atoms with Gasteiger partial charge in [0.15, 0.2) is 0 Å². The first-order valence-corrected chi connectivity index (χ1v) is 9.09. The lowest BCUT2D eigenvalue weighted by Gasteiger charge is -1.99. The molecular weight excluding hydrogens is 312 g/mol. The van der Waals surface area contributed by atoms with Gasteiger partial charge >= 0.3 is 0 Å². The molecule has 0 atom stereocenters. The van der Waals surface area contributed by atoms with Gasteiger partial charge in [-0.15, -0.1) is 11.3 Å². The molecule has 0 saturated heterocycles. The molecule has 0 aliphatic carbocycles. The number of hydrogen-bond acceptors (Lipinski definition) is 2. The van der Waals surface area contributed by atoms with Crippen molar-refractivity contribution in [2.24, 2.45) is 0 Å². The topological polar surface area (TPSA) is 28.7 Å². The average Bonchev–Trinajstić information content (AvgIpc) is 3.22. The normalized spacial score (nSPS) is 11.5. The van der Waals surface area contributed by atoms with Crippen LogP contribution in [-0.2, 0) is 0 Å². The largest absolute Gasteiger partial charge is 0.342 e. The van der Waals surface area contributed by atoms with Crippen LogP contribution >= 0.6 is 11.3 Å². The molecule has 2 aromatic heterocycles. The molecule has 2 aromatic carbocycles. The van der Waals surface area contributed by atoms with Gasteiger partial charge in [0.05, 0.1) is 11.0 Å². The molecule has 0 radical (unpaired) electrons. The van der Waals surface area contributed by atoms with Crippen molar-refractivity contribution in [1.82, 2.24) is 9.97 Å². The number of thiophene rings is 1. The molecule has 0 fully saturated rings. The lowest BCUT2D eigenvalue weighted by Crippen LogP contribution is -1.88. The number of hydrogen-bond donors (Lipinski definition) is 1. The van der Waals surface area contributed by atoms with Crippen molar-refractivity contribution in [2.75, 3.05) is 0 Å². The Labute approximate surface area is 146 Å². The standard InChI is InChI=1S/C21H20N2S/c1-13(2)21-22-17-9-8-16(12-18(17)23-21)20-11-10-19(24-20)15-6-4-14(3)5-7-15/h4-13H,1-3H3,(H,22,23). The number of aryl methyl sites for hydroxylation is 1. The Kier molecular flexibility index (Phi) is 3.73. The highest BCUT2D eigenvalue weighted by molar-refractivity contribution is 7.18. The number of imidazole rings is 1. The molecule has 3 heteroatoms. The van der Waals surface area contributed by atoms with E-state index in [1.807, 2.05) is 11.3 Å². The summed E-state index contributed by atoms with van der Waals surface area (Å²) >= 11 is 1.83. The Morgan fingerprint density at radius 1 is 0.875 bits per heavy atom. The highest BCUT2D eigenvalue weighted by Crippen LogP contribution is 2.35. The number of aromatic nitrogens is 2. The zero-order valence-corrected chi connectivity index (χ0v) is 14.9. The molecule has 0 bridgehead atoms. The van der Waals surface area contributed by atoms with Crippen molar-refractivity contribution in [1.29, 1.82) is 0 Å². The van der Waals surface area contributed by atoms with E-state index in [-0.39, 0.29) is 0 Å². The SMILES string of the molecule is Cc1ccc(-c2ccc(-c3ccc4nc(C(C)C)[nH]c4c3)s2)cc1. The van der Waals surface area contributed by atoms with Crippen LogP contribution in [0, 0.1) is 6.92 Å². The maximum Gasteiger partial charge on any atom is 0.109 e. The Morgan fingerprint density at radius 2 is 1.54 bits per heavy atom. The third-order valence-electron chi connectivity index (χ3n) is 4.27. The number of rotatable bonds is 3. The van der Waals surface area contributed by atoms with E-state index in [1.165, 1.54) is 26.4 Å². The fourth-order valence-electron chi connectivity index (χ4n) is 2.82. The maximum atomic E-state index is 4.66. The number of aromatic amines is 1. The molecule has 24 heavy (non-hydrogen) atoms. The maximum absolute atomic E-state index is 4.66. The molecule has 2 nitrogen and oxygen atoms in total. The summed E-state index contributed by atoms with van der Waals surface area (Å²) in [5.41, 5.74) is 5.96. The summed E-state index contributed by atoms with van der Waals surface area (Å²) in [7, 11) is 0. The first-order chi connectivity index (χ1) is 11.6. The zero-order chi connectivity index (χ0) is 16.7. The highest BCUT2D eigenvalue weighted by atomic mass is 32.1. The van der Waals surface area contributed by atoms with Gasteiger partial charge in [-0.25, -0.2) is 4.98 Å². The lowest BCUT2D eigenvalue weighted by atomic mass is 10.1. The van der Waals surface area contributed by atoms with Crippen LogP contribution in [0.5, 0.6) is 0 Å². The first kappa shape index (κ1) is 15.2. The van der Waals surface area contributed by atoms with Crippen LogP contribution in [0.1, 0.15) is 31.2 Å². The van der Waals surface area contributed by atoms with Gasteiger partial charge in [-0.3, -0.25) is 0 Å². The Bertz CT molecular complexity index is 990. The van der Waals surface area contributed by atoms with Gasteiger partial charge in [-0.1, -0.05) is 49.7 Å². The van der Waals surface area contributed by atoms with Gasteiger partial charge in [-0.2, -0.15) is 0 Å². The summed E-state index contributed by atoms with van der Waals surface area (Å²) < 4.78 is 0. The van der Waals surface area contributed by atoms with Gasteiger partial charge in [-0.05, 0) is 42.3 Å². The molecule has 4 rings (SSSR count). The third kappa shape index (κ3) is 2.76. The fourth-order valence-corrected chi connectivity index (χ4v) is 3.83. The molecule has 120 valence electrons. The predicted molar refractivity (Wildman–Crippen MR) is 104 cm³/mol. The van der Waals surface area contributed by atoms with Crippen molar-refractivity contribution < 1.29 is 0 Å². The van der Waals surface area contributed by atoms with Crippen molar-refractivity contribution in [3.63, 3.8) is 0 Å². The van der Waals surface area contributed by atoms with Crippen LogP contribution in [0.3, 0.4) is 0 Å². The summed E-state index contributed by atoms with van der Waals surface area (Å²) in [4.78, 5) is 10.7. The van der Waals surface area contributed by atoms with Crippen molar-refractivity contribution in [3.8, 4) is 20.9 Å². The second kappa shape index (κ2) is 5.91. The summed E-state index contributed by atoms with van der Waals surface area (Å²) in [6.45, 7) is 6.44. The minimum Gasteiger partial charge on any atom is -0.342 e. The van der Waals surface area contributed by atoms with Crippen LogP contribution in [0.4, 0.5) is 0 Å². The third-order valence-corrected chi connectivity index (χ3v) is 5.46. The molecule has 4 aromatic rings. The van der Waals surface area contributed by atoms with Crippen LogP contribution in [0.25, 0.3) is 31.9 Å². The van der Waals surface area contributed by atoms with Crippen LogP contribution in [-0.4, -0.2) is 9.97 Å². The quantitative estimate of drug-likeness (QED) is 0.462. The summed E-state index contributed by atoms with van der Waals surface area (Å²) in [5, 5.41) is 0. The molecule has 0 unspecified atom stereocenters. The molecular formula is C21H20N2S. The number of nitrogens with one attached hydrogen (secondary N) is 1. The van der Waals surface area contributed by atoms with E-state index < -0.39 is 0 Å². The van der Waals surface area contributed by atoms with Crippen LogP contribution < -0.4 is 0 Å². The Balaban J connectivity index is 1.71. The second-order valence-corrected chi connectivity index (χ2v) is 7.62. The molecule has 2 heterocycles. The predicted octanol–water partition coefficient (Wildman–Crippen LogP) is 6.39. The summed E-state index contributed by atoms with van der Waals surface area (Å²) in [6.07, 6.45) is 0. The van der Waals surface area contributed by atoms with Crippen molar-refractivity contribution >= 4 is 22.4 Å². The minimum absolute atomic E-state index is 0.413. The Hall–Kier alpha value is -2.39. The fraction of sp³-hybridized carbons (Fsp3) is 0.190. The van der Waals surface area contributed by atoms with Crippen molar-refractivity contribution in [3.05, 3.63) is 66.0 Å². The van der Waals surface area contributed by atoms with Gasteiger partial charge in [0.1, 0.15) is 5.82 Å². The van der Waals surface area contributed by atoms with E-state index in [4.69, 9.17) is 0 Å². The monoisotopic (exact) mass is 332 g/mol. The first-order valence-electron chi connectivity index (χ1n) is 8.27. The molecule has 0 amide bonds. The number of H-pyrrole nitrogens is 1. The van der Waals surface area contributed by atoms with E-state index in [0.29, 0.717) is 5.92 Å². The van der Waals surface area contributed by atoms with E-state index in [0.717, 1.165) is 16.9 Å². The van der Waals surface area contributed by atoms with E-state index in [9.17, 15) is 0 Å². The summed E-state index contributed by atoms with van der Waals surface area (Å²) in [6, 6.07) is 19.6. The highest BCUT2D eigenvalue weighted by Gasteiger charge is 2.09. The van der Waals surface area contributed by atoms with Gasteiger partial charge < -0.3 is 4.98 Å². The number of nitrogens with zero attached hydrogens (tertiary/aromatic N) is 1. The zero-order valence-electron chi connectivity index (χ0n) is 14.1. The van der Waals surface area contributed by atoms with E-state index in [2.05, 4.69) is 85.3 Å². The lowest BCUT2D eigenvalue weighted by molar-refractivity contribution is 0.799. The molecule has 0 saturated carbocycles. The smallest absolute Gasteiger partial charge is 0.109 e. The number of fused-ring (bicyclic) bond motifs is 1. The van der Waals surface area contributed by atoms with Gasteiger partial charge in [0.2, 0.25) is 0 Å². The molecule has 0 spiro atoms. The Morgan fingerprint density at radius 3 is 2.25 bits per heavy atom. The summed E-state index contributed by atoms with van der Waals surface area (Å²) in [5.74, 6) is 1.46. The minimum atomic E-state index is 0.413. The van der Waals surface area contributed by atoms with Gasteiger partial charge in [0, 0.05) is 15.7 Å². The van der Waals surface area contributed by atoms with E-state index >= 15 is 0 Å². The van der Waals surface area contributed by atoms with Crippen molar-refractivity contribution in [2.45, 2.75) is 26.7 Å². The van der Waals surface area contributed by atoms with E-state index in [1.54, 1.807) is 0 Å². The van der Waals surface area contributed by atoms with Crippen LogP contribution in [0.15, 0.2) is 54.6 Å².